The molecule has 0 aliphatic heterocycles. The van der Waals surface area contributed by atoms with Crippen LogP contribution in [0.1, 0.15) is 11.3 Å². The van der Waals surface area contributed by atoms with Gasteiger partial charge in [-0.05, 0) is 35.9 Å². The Balaban J connectivity index is 2.40. The zero-order chi connectivity index (χ0) is 14.8. The van der Waals surface area contributed by atoms with Gasteiger partial charge in [0.25, 0.3) is 0 Å². The number of hydrogen-bond donors (Lipinski definition) is 1. The molecule has 0 amide bonds. The SMILES string of the molecule is OC(C=Cc1cccc(F)c1)(c1ccco1)C(F)(F)F. The summed E-state index contributed by atoms with van der Waals surface area (Å²) >= 11 is 0. The van der Waals surface area contributed by atoms with Crippen LogP contribution in [0.3, 0.4) is 0 Å². The summed E-state index contributed by atoms with van der Waals surface area (Å²) in [4.78, 5) is 0. The molecule has 0 fully saturated rings. The van der Waals surface area contributed by atoms with Gasteiger partial charge in [-0.15, -0.1) is 0 Å². The molecule has 1 aromatic carbocycles. The smallest absolute Gasteiger partial charge is 0.428 e. The second-order valence-electron chi connectivity index (χ2n) is 4.13. The maximum Gasteiger partial charge on any atom is 0.428 e. The molecular weight excluding hydrogens is 276 g/mol. The molecular formula is C14H10F4O2. The monoisotopic (exact) mass is 286 g/mol. The third kappa shape index (κ3) is 2.75. The Morgan fingerprint density at radius 3 is 2.40 bits per heavy atom. The van der Waals surface area contributed by atoms with Crippen LogP contribution in [-0.4, -0.2) is 11.3 Å². The van der Waals surface area contributed by atoms with Crippen LogP contribution < -0.4 is 0 Å². The van der Waals surface area contributed by atoms with Crippen LogP contribution in [0.2, 0.25) is 0 Å². The van der Waals surface area contributed by atoms with Gasteiger partial charge in [-0.3, -0.25) is 0 Å². The molecule has 0 spiro atoms. The lowest BCUT2D eigenvalue weighted by Gasteiger charge is -2.25. The van der Waals surface area contributed by atoms with Crippen LogP contribution in [0, 0.1) is 5.82 Å². The fraction of sp³-hybridized carbons (Fsp3) is 0.143. The van der Waals surface area contributed by atoms with Crippen molar-refractivity contribution in [2.45, 2.75) is 11.8 Å². The molecule has 1 aromatic heterocycles. The fourth-order valence-corrected chi connectivity index (χ4v) is 1.64. The van der Waals surface area contributed by atoms with Gasteiger partial charge in [0.1, 0.15) is 11.6 Å². The van der Waals surface area contributed by atoms with Crippen molar-refractivity contribution in [2.75, 3.05) is 0 Å². The molecule has 1 N–H and O–H groups in total. The molecule has 0 bridgehead atoms. The molecule has 1 unspecified atom stereocenters. The molecule has 0 saturated carbocycles. The van der Waals surface area contributed by atoms with Crippen molar-refractivity contribution in [3.8, 4) is 0 Å². The summed E-state index contributed by atoms with van der Waals surface area (Å²) in [6.45, 7) is 0. The normalized spacial score (nSPS) is 15.4. The van der Waals surface area contributed by atoms with Gasteiger partial charge in [0.05, 0.1) is 6.26 Å². The third-order valence-electron chi connectivity index (χ3n) is 2.69. The standard InChI is InChI=1S/C14H10F4O2/c15-11-4-1-3-10(9-11)6-7-13(19,14(16,17)18)12-5-2-8-20-12/h1-9,19H. The maximum absolute atomic E-state index is 13.0. The Morgan fingerprint density at radius 1 is 1.10 bits per heavy atom. The Labute approximate surface area is 112 Å². The molecule has 2 nitrogen and oxygen atoms in total. The van der Waals surface area contributed by atoms with Gasteiger partial charge in [0, 0.05) is 0 Å². The zero-order valence-corrected chi connectivity index (χ0v) is 10.1. The van der Waals surface area contributed by atoms with Crippen LogP contribution >= 0.6 is 0 Å². The lowest BCUT2D eigenvalue weighted by atomic mass is 9.98. The molecule has 20 heavy (non-hydrogen) atoms. The van der Waals surface area contributed by atoms with E-state index in [4.69, 9.17) is 0 Å². The Kier molecular flexibility index (Phi) is 3.67. The summed E-state index contributed by atoms with van der Waals surface area (Å²) in [7, 11) is 0. The molecule has 2 aromatic rings. The molecule has 0 aliphatic rings. The Morgan fingerprint density at radius 2 is 1.85 bits per heavy atom. The average molecular weight is 286 g/mol. The predicted molar refractivity (Wildman–Crippen MR) is 64.1 cm³/mol. The first-order valence-corrected chi connectivity index (χ1v) is 5.61. The van der Waals surface area contributed by atoms with Gasteiger partial charge in [-0.1, -0.05) is 18.2 Å². The second-order valence-corrected chi connectivity index (χ2v) is 4.13. The first-order valence-electron chi connectivity index (χ1n) is 5.61. The van der Waals surface area contributed by atoms with E-state index in [9.17, 15) is 22.7 Å². The van der Waals surface area contributed by atoms with Crippen molar-refractivity contribution in [1.29, 1.82) is 0 Å². The topological polar surface area (TPSA) is 33.4 Å². The van der Waals surface area contributed by atoms with Crippen LogP contribution in [-0.2, 0) is 5.60 Å². The van der Waals surface area contributed by atoms with Crippen molar-refractivity contribution < 1.29 is 27.1 Å². The summed E-state index contributed by atoms with van der Waals surface area (Å²) in [5, 5.41) is 9.84. The van der Waals surface area contributed by atoms with Gasteiger partial charge in [0.2, 0.25) is 5.60 Å². The summed E-state index contributed by atoms with van der Waals surface area (Å²) in [5.74, 6) is -1.24. The minimum atomic E-state index is -4.96. The van der Waals surface area contributed by atoms with Crippen LogP contribution in [0.4, 0.5) is 17.6 Å². The van der Waals surface area contributed by atoms with E-state index in [1.807, 2.05) is 0 Å². The molecule has 6 heteroatoms. The van der Waals surface area contributed by atoms with E-state index in [1.165, 1.54) is 24.3 Å². The summed E-state index contributed by atoms with van der Waals surface area (Å²) in [5.41, 5.74) is -3.07. The molecule has 0 radical (unpaired) electrons. The number of aliphatic hydroxyl groups is 1. The minimum absolute atomic E-state index is 0.194. The molecule has 0 aliphatic carbocycles. The zero-order valence-electron chi connectivity index (χ0n) is 10.1. The third-order valence-corrected chi connectivity index (χ3v) is 2.69. The van der Waals surface area contributed by atoms with E-state index < -0.39 is 23.4 Å². The van der Waals surface area contributed by atoms with Crippen LogP contribution in [0.5, 0.6) is 0 Å². The van der Waals surface area contributed by atoms with Crippen molar-refractivity contribution in [1.82, 2.24) is 0 Å². The van der Waals surface area contributed by atoms with Crippen molar-refractivity contribution in [3.05, 3.63) is 65.9 Å². The van der Waals surface area contributed by atoms with Gasteiger partial charge in [0.15, 0.2) is 0 Å². The first kappa shape index (κ1) is 14.3. The summed E-state index contributed by atoms with van der Waals surface area (Å²) < 4.78 is 56.6. The molecule has 2 rings (SSSR count). The minimum Gasteiger partial charge on any atom is -0.466 e. The Hall–Kier alpha value is -2.08. The van der Waals surface area contributed by atoms with E-state index in [0.717, 1.165) is 24.5 Å². The summed E-state index contributed by atoms with van der Waals surface area (Å²) in [6, 6.07) is 7.24. The van der Waals surface area contributed by atoms with Gasteiger partial charge >= 0.3 is 6.18 Å². The van der Waals surface area contributed by atoms with Crippen molar-refractivity contribution in [2.24, 2.45) is 0 Å². The van der Waals surface area contributed by atoms with Crippen molar-refractivity contribution >= 4 is 6.08 Å². The van der Waals surface area contributed by atoms with Gasteiger partial charge in [-0.25, -0.2) is 4.39 Å². The fourth-order valence-electron chi connectivity index (χ4n) is 1.64. The first-order chi connectivity index (χ1) is 9.33. The quantitative estimate of drug-likeness (QED) is 0.869. The molecule has 1 atom stereocenters. The highest BCUT2D eigenvalue weighted by molar-refractivity contribution is 5.51. The number of halogens is 4. The van der Waals surface area contributed by atoms with E-state index in [2.05, 4.69) is 4.42 Å². The van der Waals surface area contributed by atoms with E-state index in [-0.39, 0.29) is 5.56 Å². The lowest BCUT2D eigenvalue weighted by molar-refractivity contribution is -0.250. The van der Waals surface area contributed by atoms with E-state index in [0.29, 0.717) is 6.08 Å². The van der Waals surface area contributed by atoms with Crippen molar-refractivity contribution in [3.63, 3.8) is 0 Å². The number of hydrogen-bond acceptors (Lipinski definition) is 2. The largest absolute Gasteiger partial charge is 0.466 e. The number of rotatable bonds is 3. The average Bonchev–Trinajstić information content (AvgIpc) is 2.89. The highest BCUT2D eigenvalue weighted by atomic mass is 19.4. The lowest BCUT2D eigenvalue weighted by Crippen LogP contribution is -2.40. The van der Waals surface area contributed by atoms with Gasteiger partial charge < -0.3 is 9.52 Å². The Bertz CT molecular complexity index is 602. The van der Waals surface area contributed by atoms with Gasteiger partial charge in [-0.2, -0.15) is 13.2 Å². The second kappa shape index (κ2) is 5.13. The molecule has 1 heterocycles. The summed E-state index contributed by atoms with van der Waals surface area (Å²) in [6.07, 6.45) is -2.42. The van der Waals surface area contributed by atoms with Crippen LogP contribution in [0.25, 0.3) is 6.08 Å². The van der Waals surface area contributed by atoms with E-state index >= 15 is 0 Å². The highest BCUT2D eigenvalue weighted by Crippen LogP contribution is 2.40. The number of alkyl halides is 3. The number of furan rings is 1. The number of benzene rings is 1. The maximum atomic E-state index is 13.0. The molecule has 0 saturated heterocycles. The van der Waals surface area contributed by atoms with E-state index in [1.54, 1.807) is 0 Å². The predicted octanol–water partition coefficient (Wildman–Crippen LogP) is 3.88. The van der Waals surface area contributed by atoms with Crippen LogP contribution in [0.15, 0.2) is 53.2 Å². The molecule has 106 valence electrons. The highest BCUT2D eigenvalue weighted by Gasteiger charge is 2.55.